The van der Waals surface area contributed by atoms with Gasteiger partial charge in [0.1, 0.15) is 12.1 Å². The molecule has 0 aliphatic heterocycles. The van der Waals surface area contributed by atoms with Crippen LogP contribution in [-0.4, -0.2) is 21.8 Å². The van der Waals surface area contributed by atoms with Crippen molar-refractivity contribution in [3.05, 3.63) is 60.4 Å². The third-order valence-electron chi connectivity index (χ3n) is 3.95. The Kier molecular flexibility index (Phi) is 5.36. The lowest BCUT2D eigenvalue weighted by atomic mass is 10.0. The maximum absolute atomic E-state index is 4.41. The molecule has 2 aromatic carbocycles. The van der Waals surface area contributed by atoms with Crippen LogP contribution in [0.4, 0.5) is 5.82 Å². The summed E-state index contributed by atoms with van der Waals surface area (Å²) in [5.74, 6) is 2.46. The van der Waals surface area contributed by atoms with Gasteiger partial charge >= 0.3 is 0 Å². The molecule has 0 saturated carbocycles. The van der Waals surface area contributed by atoms with Crippen LogP contribution < -0.4 is 5.32 Å². The molecule has 1 aromatic heterocycles. The summed E-state index contributed by atoms with van der Waals surface area (Å²) in [6, 6.07) is 17.2. The zero-order valence-corrected chi connectivity index (χ0v) is 15.2. The van der Waals surface area contributed by atoms with Gasteiger partial charge in [0.2, 0.25) is 0 Å². The number of nitrogens with one attached hydrogen (secondary N) is 1. The van der Waals surface area contributed by atoms with Crippen LogP contribution in [0.3, 0.4) is 0 Å². The van der Waals surface area contributed by atoms with E-state index in [0.29, 0.717) is 12.0 Å². The third kappa shape index (κ3) is 4.06. The van der Waals surface area contributed by atoms with Gasteiger partial charge in [-0.15, -0.1) is 11.8 Å². The van der Waals surface area contributed by atoms with Gasteiger partial charge in [0.15, 0.2) is 0 Å². The average Bonchev–Trinajstić information content (AvgIpc) is 2.60. The molecule has 0 saturated heterocycles. The van der Waals surface area contributed by atoms with E-state index in [1.165, 1.54) is 10.5 Å². The summed E-state index contributed by atoms with van der Waals surface area (Å²) >= 11 is 1.88. The van der Waals surface area contributed by atoms with Crippen LogP contribution in [0.15, 0.2) is 59.8 Å². The molecule has 0 spiro atoms. The highest BCUT2D eigenvalue weighted by Gasteiger charge is 2.08. The van der Waals surface area contributed by atoms with Crippen LogP contribution in [0.2, 0.25) is 0 Å². The first-order valence-electron chi connectivity index (χ1n) is 8.32. The second-order valence-corrected chi connectivity index (χ2v) is 7.42. The van der Waals surface area contributed by atoms with E-state index in [1.54, 1.807) is 6.33 Å². The number of nitrogens with zero attached hydrogens (tertiary/aromatic N) is 2. The molecule has 0 aliphatic carbocycles. The summed E-state index contributed by atoms with van der Waals surface area (Å²) in [6.45, 7) is 6.65. The molecule has 1 atom stereocenters. The van der Waals surface area contributed by atoms with Crippen molar-refractivity contribution in [1.29, 1.82) is 0 Å². The minimum atomic E-state index is 0.316. The number of thioether (sulfide) groups is 1. The monoisotopic (exact) mass is 337 g/mol. The largest absolute Gasteiger partial charge is 0.366 e. The molecular weight excluding hydrogens is 314 g/mol. The Hall–Kier alpha value is -2.07. The molecule has 24 heavy (non-hydrogen) atoms. The Morgan fingerprint density at radius 3 is 2.67 bits per heavy atom. The molecule has 1 unspecified atom stereocenters. The van der Waals surface area contributed by atoms with E-state index in [4.69, 9.17) is 0 Å². The molecule has 0 bridgehead atoms. The molecule has 1 heterocycles. The lowest BCUT2D eigenvalue weighted by Crippen LogP contribution is -2.19. The Balaban J connectivity index is 1.65. The molecule has 3 nitrogen and oxygen atoms in total. The molecule has 3 aromatic rings. The van der Waals surface area contributed by atoms with Gasteiger partial charge < -0.3 is 5.32 Å². The maximum Gasteiger partial charge on any atom is 0.137 e. The molecule has 0 radical (unpaired) electrons. The number of benzene rings is 2. The number of fused-ring (bicyclic) bond motifs is 1. The molecule has 0 fully saturated rings. The van der Waals surface area contributed by atoms with Crippen molar-refractivity contribution in [2.75, 3.05) is 11.1 Å². The Bertz CT molecular complexity index is 811. The molecule has 4 heteroatoms. The number of anilines is 1. The van der Waals surface area contributed by atoms with Crippen LogP contribution in [0, 0.1) is 0 Å². The third-order valence-corrected chi connectivity index (χ3v) is 5.20. The van der Waals surface area contributed by atoms with Crippen LogP contribution in [0.25, 0.3) is 10.9 Å². The molecule has 3 rings (SSSR count). The number of aromatic nitrogens is 2. The molecule has 124 valence electrons. The number of hydrogen-bond donors (Lipinski definition) is 1. The van der Waals surface area contributed by atoms with Gasteiger partial charge in [0.25, 0.3) is 0 Å². The van der Waals surface area contributed by atoms with Gasteiger partial charge in [-0.05, 0) is 42.7 Å². The fourth-order valence-electron chi connectivity index (χ4n) is 2.58. The summed E-state index contributed by atoms with van der Waals surface area (Å²) < 4.78 is 0. The zero-order valence-electron chi connectivity index (χ0n) is 14.4. The smallest absolute Gasteiger partial charge is 0.137 e. The highest BCUT2D eigenvalue weighted by molar-refractivity contribution is 7.99. The average molecular weight is 337 g/mol. The van der Waals surface area contributed by atoms with Crippen molar-refractivity contribution in [2.45, 2.75) is 37.6 Å². The normalized spacial score (nSPS) is 12.5. The fraction of sp³-hybridized carbons (Fsp3) is 0.300. The van der Waals surface area contributed by atoms with Crippen LogP contribution in [0.5, 0.6) is 0 Å². The first kappa shape index (κ1) is 16.8. The molecule has 1 N–H and O–H groups in total. The SMILES string of the molecule is CC(CSc1cccc(C(C)C)c1)Nc1ncnc2ccccc12. The summed E-state index contributed by atoms with van der Waals surface area (Å²) in [6.07, 6.45) is 1.62. The van der Waals surface area contributed by atoms with E-state index in [2.05, 4.69) is 66.4 Å². The lowest BCUT2D eigenvalue weighted by Gasteiger charge is -2.16. The fourth-order valence-corrected chi connectivity index (χ4v) is 3.50. The minimum Gasteiger partial charge on any atom is -0.366 e. The Labute approximate surface area is 147 Å². The predicted molar refractivity (Wildman–Crippen MR) is 104 cm³/mol. The summed E-state index contributed by atoms with van der Waals surface area (Å²) in [5, 5.41) is 4.59. The van der Waals surface area contributed by atoms with Crippen molar-refractivity contribution in [3.8, 4) is 0 Å². The quantitative estimate of drug-likeness (QED) is 0.616. The van der Waals surface area contributed by atoms with Crippen molar-refractivity contribution in [1.82, 2.24) is 9.97 Å². The predicted octanol–water partition coefficient (Wildman–Crippen LogP) is 5.35. The Morgan fingerprint density at radius 1 is 1.00 bits per heavy atom. The summed E-state index contributed by atoms with van der Waals surface area (Å²) in [5.41, 5.74) is 2.36. The van der Waals surface area contributed by atoms with Gasteiger partial charge in [0, 0.05) is 22.1 Å². The standard InChI is InChI=1S/C20H23N3S/c1-14(2)16-7-6-8-17(11-16)24-12-15(3)23-20-18-9-4-5-10-19(18)21-13-22-20/h4-11,13-15H,12H2,1-3H3,(H,21,22,23). The highest BCUT2D eigenvalue weighted by atomic mass is 32.2. The second kappa shape index (κ2) is 7.67. The molecule has 0 amide bonds. The number of para-hydroxylation sites is 1. The van der Waals surface area contributed by atoms with Gasteiger partial charge in [-0.1, -0.05) is 38.1 Å². The van der Waals surface area contributed by atoms with Crippen molar-refractivity contribution in [2.24, 2.45) is 0 Å². The van der Waals surface area contributed by atoms with Crippen molar-refractivity contribution in [3.63, 3.8) is 0 Å². The zero-order chi connectivity index (χ0) is 16.9. The van der Waals surface area contributed by atoms with E-state index >= 15 is 0 Å². The van der Waals surface area contributed by atoms with E-state index in [0.717, 1.165) is 22.5 Å². The van der Waals surface area contributed by atoms with Crippen LogP contribution >= 0.6 is 11.8 Å². The van der Waals surface area contributed by atoms with E-state index in [-0.39, 0.29) is 0 Å². The summed E-state index contributed by atoms with van der Waals surface area (Å²) in [4.78, 5) is 10.0. The van der Waals surface area contributed by atoms with Crippen molar-refractivity contribution >= 4 is 28.5 Å². The van der Waals surface area contributed by atoms with Crippen LogP contribution in [-0.2, 0) is 0 Å². The van der Waals surface area contributed by atoms with E-state index in [9.17, 15) is 0 Å². The van der Waals surface area contributed by atoms with Crippen LogP contribution in [0.1, 0.15) is 32.3 Å². The first-order chi connectivity index (χ1) is 11.6. The first-order valence-corrected chi connectivity index (χ1v) is 9.31. The van der Waals surface area contributed by atoms with Gasteiger partial charge in [-0.2, -0.15) is 0 Å². The maximum atomic E-state index is 4.41. The van der Waals surface area contributed by atoms with Gasteiger partial charge in [0.05, 0.1) is 5.52 Å². The topological polar surface area (TPSA) is 37.8 Å². The van der Waals surface area contributed by atoms with Gasteiger partial charge in [-0.3, -0.25) is 0 Å². The van der Waals surface area contributed by atoms with Crippen molar-refractivity contribution < 1.29 is 0 Å². The number of hydrogen-bond acceptors (Lipinski definition) is 4. The lowest BCUT2D eigenvalue weighted by molar-refractivity contribution is 0.861. The minimum absolute atomic E-state index is 0.316. The molecule has 0 aliphatic rings. The second-order valence-electron chi connectivity index (χ2n) is 6.32. The Morgan fingerprint density at radius 2 is 1.83 bits per heavy atom. The highest BCUT2D eigenvalue weighted by Crippen LogP contribution is 2.25. The summed E-state index contributed by atoms with van der Waals surface area (Å²) in [7, 11) is 0. The number of rotatable bonds is 6. The van der Waals surface area contributed by atoms with E-state index < -0.39 is 0 Å². The van der Waals surface area contributed by atoms with E-state index in [1.807, 2.05) is 30.0 Å². The van der Waals surface area contributed by atoms with Gasteiger partial charge in [-0.25, -0.2) is 9.97 Å². The molecular formula is C20H23N3S.